The first-order valence-corrected chi connectivity index (χ1v) is 58.9. The lowest BCUT2D eigenvalue weighted by Gasteiger charge is -2.49. The number of hydrogen-bond donors (Lipinski definition) is 4. The lowest BCUT2D eigenvalue weighted by atomic mass is 9.82. The molecule has 4 unspecified atom stereocenters. The molecule has 0 amide bonds. The van der Waals surface area contributed by atoms with Crippen molar-refractivity contribution in [3.63, 3.8) is 0 Å². The van der Waals surface area contributed by atoms with Crippen molar-refractivity contribution in [2.45, 2.75) is 402 Å². The number of nitrogens with zero attached hydrogens (tertiary/aromatic N) is 10. The molecule has 4 N–H and O–H groups in total. The number of nitrogens with one attached hydrogen (secondary N) is 4. The summed E-state index contributed by atoms with van der Waals surface area (Å²) >= 11 is 0. The van der Waals surface area contributed by atoms with E-state index < -0.39 is 0 Å². The number of morpholine rings is 1. The molecule has 14 aliphatic rings. The number of H-pyrrole nitrogens is 1. The summed E-state index contributed by atoms with van der Waals surface area (Å²) in [5.41, 5.74) is 9.99. The van der Waals surface area contributed by atoms with Gasteiger partial charge in [-0.3, -0.25) is 24.9 Å². The molecule has 832 valence electrons. The van der Waals surface area contributed by atoms with Gasteiger partial charge in [-0.25, -0.2) is 0 Å². The van der Waals surface area contributed by atoms with Gasteiger partial charge in [-0.15, -0.1) is 0 Å². The lowest BCUT2D eigenvalue weighted by Crippen LogP contribution is -2.63. The van der Waals surface area contributed by atoms with E-state index in [-0.39, 0.29) is 0 Å². The number of benzene rings is 1. The van der Waals surface area contributed by atoms with Crippen LogP contribution in [0.5, 0.6) is 0 Å². The van der Waals surface area contributed by atoms with Gasteiger partial charge in [0.05, 0.1) is 57.1 Å². The number of pyridine rings is 2. The van der Waals surface area contributed by atoms with Gasteiger partial charge in [-0.2, -0.15) is 15.3 Å². The number of hydrogen-bond acceptors (Lipinski definition) is 19. The van der Waals surface area contributed by atoms with Crippen LogP contribution in [0.2, 0.25) is 0 Å². The van der Waals surface area contributed by atoms with Gasteiger partial charge in [0.25, 0.3) is 0 Å². The average Bonchev–Trinajstić information content (AvgIpc) is 1.52. The fraction of sp³-hybridized carbons (Fsp3) is 0.800. The number of rotatable bonds is 15. The van der Waals surface area contributed by atoms with Crippen molar-refractivity contribution in [2.24, 2.45) is 69.5 Å². The Morgan fingerprint density at radius 2 is 0.828 bits per heavy atom. The first-order chi connectivity index (χ1) is 69.2. The van der Waals surface area contributed by atoms with E-state index in [0.29, 0.717) is 81.5 Å². The van der Waals surface area contributed by atoms with Crippen molar-refractivity contribution in [1.82, 2.24) is 70.8 Å². The van der Waals surface area contributed by atoms with Gasteiger partial charge in [0, 0.05) is 164 Å². The van der Waals surface area contributed by atoms with Gasteiger partial charge >= 0.3 is 0 Å². The van der Waals surface area contributed by atoms with Crippen LogP contribution in [0.3, 0.4) is 0 Å². The Morgan fingerprint density at radius 1 is 0.331 bits per heavy atom. The summed E-state index contributed by atoms with van der Waals surface area (Å²) in [5.74, 6) is 11.1. The number of aromatic amines is 1. The maximum atomic E-state index is 5.72. The van der Waals surface area contributed by atoms with Crippen molar-refractivity contribution in [2.75, 3.05) is 177 Å². The average molecular weight is 2020 g/mol. The molecule has 1 saturated carbocycles. The van der Waals surface area contributed by atoms with Crippen molar-refractivity contribution in [1.29, 1.82) is 0 Å². The molecule has 20 heteroatoms. The van der Waals surface area contributed by atoms with Crippen LogP contribution in [0.15, 0.2) is 122 Å². The quantitative estimate of drug-likeness (QED) is 0.0724. The summed E-state index contributed by atoms with van der Waals surface area (Å²) in [4.78, 5) is 20.6. The topological polar surface area (TPSA) is 188 Å². The molecule has 17 heterocycles. The van der Waals surface area contributed by atoms with Crippen LogP contribution < -0.4 is 16.0 Å². The molecule has 5 aromatic rings. The van der Waals surface area contributed by atoms with Crippen LogP contribution >= 0.6 is 0 Å². The normalized spacial score (nSPS) is 23.3. The molecule has 145 heavy (non-hydrogen) atoms. The molecule has 4 spiro atoms. The molecular weight excluding hydrogens is 1790 g/mol. The summed E-state index contributed by atoms with van der Waals surface area (Å²) in [6, 6.07) is 26.1. The number of piperidine rings is 2. The fourth-order valence-corrected chi connectivity index (χ4v) is 21.2. The Kier molecular flexibility index (Phi) is 66.0. The molecule has 13 fully saturated rings. The Bertz CT molecular complexity index is 3470. The van der Waals surface area contributed by atoms with Gasteiger partial charge in [0.15, 0.2) is 0 Å². The summed E-state index contributed by atoms with van der Waals surface area (Å²) < 4.78 is 32.3. The maximum Gasteiger partial charge on any atom is 0.0935 e. The molecule has 1 aliphatic carbocycles. The molecule has 4 atom stereocenters. The van der Waals surface area contributed by atoms with Crippen LogP contribution in [0, 0.1) is 69.5 Å². The van der Waals surface area contributed by atoms with Crippen molar-refractivity contribution >= 4 is 0 Å². The van der Waals surface area contributed by atoms with E-state index in [9.17, 15) is 0 Å². The number of likely N-dealkylation sites (tertiary alicyclic amines) is 4. The highest BCUT2D eigenvalue weighted by molar-refractivity contribution is 5.18. The van der Waals surface area contributed by atoms with E-state index in [1.54, 1.807) is 18.0 Å². The van der Waals surface area contributed by atoms with E-state index in [1.807, 2.05) is 67.4 Å². The molecule has 13 aliphatic heterocycles. The largest absolute Gasteiger partial charge is 0.381 e. The zero-order valence-corrected chi connectivity index (χ0v) is 99.1. The van der Waals surface area contributed by atoms with Gasteiger partial charge < -0.3 is 59.1 Å². The highest BCUT2D eigenvalue weighted by Crippen LogP contribution is 2.42. The summed E-state index contributed by atoms with van der Waals surface area (Å²) in [6.07, 6.45) is 42.4. The van der Waals surface area contributed by atoms with Gasteiger partial charge in [-0.05, 0) is 359 Å². The Balaban J connectivity index is 0.000000274. The number of ether oxygens (including phenoxy) is 6. The minimum Gasteiger partial charge on any atom is -0.381 e. The van der Waals surface area contributed by atoms with Crippen LogP contribution in [-0.2, 0) is 28.4 Å². The minimum atomic E-state index is 0.296. The highest BCUT2D eigenvalue weighted by atomic mass is 16.5. The molecule has 4 aromatic heterocycles. The van der Waals surface area contributed by atoms with Crippen molar-refractivity contribution in [3.05, 3.63) is 150 Å². The summed E-state index contributed by atoms with van der Waals surface area (Å²) in [6.45, 7) is 97.7. The van der Waals surface area contributed by atoms with Crippen LogP contribution in [0.25, 0.3) is 0 Å². The minimum absolute atomic E-state index is 0.296. The maximum absolute atomic E-state index is 5.72. The second-order valence-electron chi connectivity index (χ2n) is 49.1. The highest BCUT2D eigenvalue weighted by Gasteiger charge is 2.48. The predicted octanol–water partition coefficient (Wildman–Crippen LogP) is 27.0. The van der Waals surface area contributed by atoms with Crippen LogP contribution in [0.4, 0.5) is 0 Å². The van der Waals surface area contributed by atoms with E-state index in [2.05, 4.69) is 315 Å². The smallest absolute Gasteiger partial charge is 0.0935 e. The number of aromatic nitrogens is 6. The zero-order valence-electron chi connectivity index (χ0n) is 99.1. The Hall–Kier alpha value is -5.01. The van der Waals surface area contributed by atoms with Crippen molar-refractivity contribution in [3.8, 4) is 0 Å². The van der Waals surface area contributed by atoms with E-state index in [4.69, 9.17) is 28.4 Å². The molecule has 0 bridgehead atoms. The summed E-state index contributed by atoms with van der Waals surface area (Å²) in [7, 11) is 0. The van der Waals surface area contributed by atoms with E-state index in [1.165, 1.54) is 236 Å². The zero-order chi connectivity index (χ0) is 107. The molecular formula is C125H226N14O6. The first kappa shape index (κ1) is 130. The lowest BCUT2D eigenvalue weighted by molar-refractivity contribution is -0.121. The van der Waals surface area contributed by atoms with Crippen molar-refractivity contribution < 1.29 is 28.4 Å². The Labute approximate surface area is 892 Å². The first-order valence-electron chi connectivity index (χ1n) is 58.9. The Morgan fingerprint density at radius 3 is 1.16 bits per heavy atom. The van der Waals surface area contributed by atoms with Gasteiger partial charge in [0.1, 0.15) is 0 Å². The molecule has 0 radical (unpaired) electrons. The van der Waals surface area contributed by atoms with Gasteiger partial charge in [-0.1, -0.05) is 219 Å². The molecule has 12 saturated heterocycles. The molecule has 1 aromatic carbocycles. The standard InChI is InChI=1S/C10H20N2.2C10H19NO.C9H17NO.C9H18.C9H12.C8H17N.C8H11N.C8H17N.C8H11N.C8H16O.C8H14O.C7H10N2.C7H15NO.C6H10N2/c1-9(2)12-6-4-10(8-12)3-5-11-7-10;2*1-9(2)11-5-3-10(7-11)4-6-12-8-10;1-8(2)10-6-9(7-10)4-3-5-11-9;2*1-8(2)9-6-4-3-5-7-9;2*1-7(2)8-3-5-9-6-4-8;2*1-7(2)8-4-3-5-9-6-8;2*1-7(2)8-3-5-9-6-4-8;1-6(2)7-4-3-5-8-9-7;1-7(2)8-3-5-9-6-4-8;1-5(2)6-3-7-8-4-6/h9,11H,3-8H2,1-2H3;2*9H,3-8H2,1-2H3;8H,3-7H2,1-2H3;8-9H,3-7H2,1-2H3;3-8H,1-2H3;7-9H,3-6H2,1-2H3;3-7H,1-2H3;7-9H,3-6H2,1-2H3;3-7H,1-2H3;7-8H,3-6H2,1-2H3;3,7H,4-6H2,1-2H3;3-6H,1-2H3;7H,3-6H2,1-2H3;3-5H,1-2H3,(H,7,8). The third-order valence-corrected chi connectivity index (χ3v) is 32.7. The van der Waals surface area contributed by atoms with Crippen LogP contribution in [-0.4, -0.2) is 268 Å². The van der Waals surface area contributed by atoms with E-state index >= 15 is 0 Å². The molecule has 19 rings (SSSR count). The van der Waals surface area contributed by atoms with Crippen LogP contribution in [0.1, 0.15) is 394 Å². The third-order valence-electron chi connectivity index (χ3n) is 32.7. The monoisotopic (exact) mass is 2020 g/mol. The second-order valence-corrected chi connectivity index (χ2v) is 49.1. The van der Waals surface area contributed by atoms with Gasteiger partial charge in [0.2, 0.25) is 0 Å². The third kappa shape index (κ3) is 53.4. The van der Waals surface area contributed by atoms with E-state index in [0.717, 1.165) is 151 Å². The summed E-state index contributed by atoms with van der Waals surface area (Å²) in [5, 5.41) is 24.5. The SMILES string of the molecule is CC(C)C1=CCOCC1.CC(C)C1CCCCC1.CC(C)C1CCCNC1.CC(C)C1CCNCC1.CC(C)C1CCOCC1.CC(C)N1CC2(CCCO2)C1.CC(C)N1CCC2(CCNC2)C1.CC(C)N1CCC2(CCOC2)C1.CC(C)N1CCC2(CCOC2)C1.CC(C)N1CCOCC1.CC(C)c1ccccc1.CC(C)c1cccnc1.CC(C)c1cccnn1.CC(C)c1ccncc1.CC(C)c1cn[nH]c1. The molecule has 20 nitrogen and oxygen atoms in total. The fourth-order valence-electron chi connectivity index (χ4n) is 21.2. The predicted molar refractivity (Wildman–Crippen MR) is 617 cm³/mol. The second kappa shape index (κ2) is 73.3.